The van der Waals surface area contributed by atoms with E-state index >= 15 is 0 Å². The van der Waals surface area contributed by atoms with Crippen LogP contribution in [0.15, 0.2) is 77.6 Å². The minimum absolute atomic E-state index is 0.157. The number of nitrogens with one attached hydrogen (secondary N) is 1. The zero-order valence-electron chi connectivity index (χ0n) is 29.3. The number of unbranched alkanes of at least 4 members (excludes halogenated alkanes) is 2. The predicted molar refractivity (Wildman–Crippen MR) is 199 cm³/mol. The number of imidazole rings is 1. The van der Waals surface area contributed by atoms with Crippen LogP contribution in [0.25, 0.3) is 22.3 Å². The molecule has 13 nitrogen and oxygen atoms in total. The molecule has 4 heterocycles. The maximum absolute atomic E-state index is 13.2. The Hall–Kier alpha value is -5.69. The summed E-state index contributed by atoms with van der Waals surface area (Å²) in [6.45, 7) is 4.74. The lowest BCUT2D eigenvalue weighted by Crippen LogP contribution is -2.46. The van der Waals surface area contributed by atoms with Gasteiger partial charge in [-0.25, -0.2) is 4.79 Å². The van der Waals surface area contributed by atoms with Crippen LogP contribution >= 0.6 is 0 Å². The minimum Gasteiger partial charge on any atom is -0.507 e. The lowest BCUT2D eigenvalue weighted by atomic mass is 10.0. The van der Waals surface area contributed by atoms with Gasteiger partial charge in [-0.1, -0.05) is 36.4 Å². The quantitative estimate of drug-likeness (QED) is 0.127. The second-order valence-corrected chi connectivity index (χ2v) is 13.6. The van der Waals surface area contributed by atoms with Gasteiger partial charge in [0.15, 0.2) is 5.82 Å². The molecule has 0 aliphatic carbocycles. The van der Waals surface area contributed by atoms with Gasteiger partial charge in [-0.3, -0.25) is 28.9 Å². The maximum atomic E-state index is 13.2. The second kappa shape index (κ2) is 15.3. The number of nitrogens with zero attached hydrogens (tertiary/aromatic N) is 6. The highest BCUT2D eigenvalue weighted by Crippen LogP contribution is 2.32. The Balaban J connectivity index is 0.878. The zero-order chi connectivity index (χ0) is 36.2. The molecule has 2 aliphatic heterocycles. The van der Waals surface area contributed by atoms with Gasteiger partial charge in [0.05, 0.1) is 29.0 Å². The maximum Gasteiger partial charge on any atom is 0.329 e. The topological polar surface area (TPSA) is 161 Å². The van der Waals surface area contributed by atoms with Gasteiger partial charge in [-0.15, -0.1) is 10.2 Å². The fourth-order valence-electron chi connectivity index (χ4n) is 7.34. The van der Waals surface area contributed by atoms with E-state index in [0.29, 0.717) is 30.1 Å². The second-order valence-electron chi connectivity index (χ2n) is 13.6. The Morgan fingerprint density at radius 3 is 2.54 bits per heavy atom. The van der Waals surface area contributed by atoms with Crippen LogP contribution in [-0.2, 0) is 29.6 Å². The molecule has 2 amide bonds. The number of carbonyl (C=O) groups excluding carboxylic acids is 2. The number of nitrogen functional groups attached to an aromatic ring is 1. The summed E-state index contributed by atoms with van der Waals surface area (Å²) in [5, 5.41) is 21.0. The van der Waals surface area contributed by atoms with Gasteiger partial charge in [0.1, 0.15) is 17.5 Å². The lowest BCUT2D eigenvalue weighted by molar-refractivity contribution is -0.135. The van der Waals surface area contributed by atoms with Gasteiger partial charge < -0.3 is 20.5 Å². The fraction of sp³-hybridized carbons (Fsp3) is 0.359. The van der Waals surface area contributed by atoms with E-state index in [1.807, 2.05) is 48.5 Å². The van der Waals surface area contributed by atoms with Crippen molar-refractivity contribution in [2.24, 2.45) is 7.05 Å². The number of hydrogen-bond acceptors (Lipinski definition) is 10. The molecule has 0 saturated carbocycles. The molecule has 4 N–H and O–H groups in total. The number of aromatic nitrogens is 4. The molecule has 270 valence electrons. The van der Waals surface area contributed by atoms with E-state index in [1.165, 1.54) is 10.1 Å². The van der Waals surface area contributed by atoms with Crippen LogP contribution in [0.2, 0.25) is 0 Å². The van der Waals surface area contributed by atoms with Crippen molar-refractivity contribution in [3.05, 3.63) is 94.4 Å². The number of ether oxygens (including phenoxy) is 1. The Morgan fingerprint density at radius 1 is 0.923 bits per heavy atom. The van der Waals surface area contributed by atoms with Crippen LogP contribution < -0.4 is 26.4 Å². The predicted octanol–water partition coefficient (Wildman–Crippen LogP) is 4.18. The summed E-state index contributed by atoms with van der Waals surface area (Å²) >= 11 is 0. The molecule has 0 bridgehead atoms. The molecule has 7 rings (SSSR count). The third kappa shape index (κ3) is 7.35. The van der Waals surface area contributed by atoms with Crippen molar-refractivity contribution in [3.63, 3.8) is 0 Å². The van der Waals surface area contributed by atoms with Crippen molar-refractivity contribution >= 4 is 34.4 Å². The number of benzene rings is 3. The molecule has 5 aromatic rings. The number of carbonyl (C=O) groups is 2. The van der Waals surface area contributed by atoms with Gasteiger partial charge in [-0.2, -0.15) is 0 Å². The van der Waals surface area contributed by atoms with Crippen molar-refractivity contribution < 1.29 is 19.4 Å². The molecule has 13 heteroatoms. The van der Waals surface area contributed by atoms with E-state index in [0.717, 1.165) is 86.4 Å². The minimum atomic E-state index is -0.688. The zero-order valence-corrected chi connectivity index (χ0v) is 29.3. The molecule has 2 saturated heterocycles. The van der Waals surface area contributed by atoms with Crippen LogP contribution in [0.1, 0.15) is 49.3 Å². The summed E-state index contributed by atoms with van der Waals surface area (Å²) in [6.07, 6.45) is 4.14. The van der Waals surface area contributed by atoms with Gasteiger partial charge in [-0.05, 0) is 79.6 Å². The van der Waals surface area contributed by atoms with Crippen LogP contribution in [0, 0.1) is 0 Å². The number of amides is 2. The van der Waals surface area contributed by atoms with Crippen LogP contribution in [-0.4, -0.2) is 73.9 Å². The number of nitrogens with two attached hydrogens (primary N) is 1. The highest BCUT2D eigenvalue weighted by Gasteiger charge is 2.31. The molecule has 52 heavy (non-hydrogen) atoms. The lowest BCUT2D eigenvalue weighted by Gasteiger charge is -2.36. The highest BCUT2D eigenvalue weighted by atomic mass is 16.5. The number of rotatable bonds is 12. The van der Waals surface area contributed by atoms with E-state index in [1.54, 1.807) is 23.7 Å². The summed E-state index contributed by atoms with van der Waals surface area (Å²) in [6, 6.07) is 22.4. The summed E-state index contributed by atoms with van der Waals surface area (Å²) < 4.78 is 9.30. The van der Waals surface area contributed by atoms with E-state index in [-0.39, 0.29) is 23.8 Å². The average molecular weight is 705 g/mol. The number of piperidine rings is 1. The smallest absolute Gasteiger partial charge is 0.329 e. The number of phenols is 1. The van der Waals surface area contributed by atoms with Crippen molar-refractivity contribution in [2.45, 2.75) is 51.1 Å². The van der Waals surface area contributed by atoms with Crippen LogP contribution in [0.5, 0.6) is 11.5 Å². The third-order valence-electron chi connectivity index (χ3n) is 10.1. The Morgan fingerprint density at radius 2 is 1.73 bits per heavy atom. The summed E-state index contributed by atoms with van der Waals surface area (Å²) in [5.41, 5.74) is 11.8. The van der Waals surface area contributed by atoms with Crippen molar-refractivity contribution in [3.8, 4) is 22.8 Å². The van der Waals surface area contributed by atoms with Crippen molar-refractivity contribution in [2.75, 3.05) is 43.4 Å². The van der Waals surface area contributed by atoms with E-state index < -0.39 is 11.9 Å². The van der Waals surface area contributed by atoms with Gasteiger partial charge in [0.2, 0.25) is 11.8 Å². The monoisotopic (exact) mass is 704 g/mol. The molecule has 0 radical (unpaired) electrons. The summed E-state index contributed by atoms with van der Waals surface area (Å²) in [4.78, 5) is 42.1. The standard InChI is InChI=1S/C39H44N8O5/c1-44-36-27(11-8-14-31(36)47(39(44)51)32-16-17-35(49)41-38(32)50)10-3-2-6-22-52-28-12-7-9-26(23-28)25-45-18-20-46(21-19-45)33-24-30(42-43-37(33)40)29-13-4-5-15-34(29)48/h4-5,7-9,11-15,23-24,32,48H,2-3,6,10,16-22,25H2,1H3,(H2,40,43)(H,41,49,50). The number of hydrogen-bond donors (Lipinski definition) is 3. The fourth-order valence-corrected chi connectivity index (χ4v) is 7.34. The molecule has 2 aliphatic rings. The number of imide groups is 1. The summed E-state index contributed by atoms with van der Waals surface area (Å²) in [5.74, 6) is 0.671. The first-order valence-corrected chi connectivity index (χ1v) is 17.9. The van der Waals surface area contributed by atoms with Crippen LogP contribution in [0.4, 0.5) is 11.5 Å². The molecule has 2 aromatic heterocycles. The van der Waals surface area contributed by atoms with Gasteiger partial charge >= 0.3 is 5.69 Å². The number of aromatic hydroxyl groups is 1. The first-order valence-electron chi connectivity index (χ1n) is 17.9. The van der Waals surface area contributed by atoms with Crippen molar-refractivity contribution in [1.29, 1.82) is 0 Å². The highest BCUT2D eigenvalue weighted by molar-refractivity contribution is 6.00. The molecular weight excluding hydrogens is 660 g/mol. The number of para-hydroxylation sites is 2. The van der Waals surface area contributed by atoms with Crippen molar-refractivity contribution in [1.82, 2.24) is 29.5 Å². The number of aryl methyl sites for hydroxylation is 2. The number of anilines is 2. The molecular formula is C39H44N8O5. The summed E-state index contributed by atoms with van der Waals surface area (Å²) in [7, 11) is 1.74. The third-order valence-corrected chi connectivity index (χ3v) is 10.1. The average Bonchev–Trinajstić information content (AvgIpc) is 3.40. The number of phenolic OH excluding ortho intramolecular Hbond substituents is 1. The number of piperazine rings is 1. The first kappa shape index (κ1) is 34.7. The normalized spacial score (nSPS) is 16.7. The molecule has 0 spiro atoms. The van der Waals surface area contributed by atoms with E-state index in [9.17, 15) is 19.5 Å². The molecule has 2 fully saturated rings. The molecule has 1 atom stereocenters. The Kier molecular flexibility index (Phi) is 10.2. The number of fused-ring (bicyclic) bond motifs is 1. The SMILES string of the molecule is Cn1c(=O)n(C2CCC(=O)NC2=O)c2cccc(CCCCCOc3cccc(CN4CCN(c5cc(-c6ccccc6O)nnc5N)CC4)c3)c21. The molecule has 1 unspecified atom stereocenters. The molecule has 3 aromatic carbocycles. The largest absolute Gasteiger partial charge is 0.507 e. The Labute approximate surface area is 301 Å². The Bertz CT molecular complexity index is 2150. The first-order chi connectivity index (χ1) is 25.3. The van der Waals surface area contributed by atoms with Gasteiger partial charge in [0, 0.05) is 51.8 Å². The van der Waals surface area contributed by atoms with Crippen LogP contribution in [0.3, 0.4) is 0 Å². The van der Waals surface area contributed by atoms with Gasteiger partial charge in [0.25, 0.3) is 0 Å². The van der Waals surface area contributed by atoms with E-state index in [2.05, 4.69) is 37.4 Å². The van der Waals surface area contributed by atoms with E-state index in [4.69, 9.17) is 10.5 Å².